The molecule has 0 unspecified atom stereocenters. The predicted octanol–water partition coefficient (Wildman–Crippen LogP) is 4.26. The minimum absolute atomic E-state index is 0.195. The summed E-state index contributed by atoms with van der Waals surface area (Å²) >= 11 is 1.61. The molecule has 2 aromatic heterocycles. The van der Waals surface area contributed by atoms with Gasteiger partial charge < -0.3 is 36.1 Å². The smallest absolute Gasteiger partial charge is 0.229 e. The monoisotopic (exact) mass is 493 g/mol. The number of ether oxygens (including phenoxy) is 1. The normalized spacial score (nSPS) is 21.1. The summed E-state index contributed by atoms with van der Waals surface area (Å²) < 4.78 is 6.47. The Hall–Kier alpha value is -3.21. The van der Waals surface area contributed by atoms with Crippen LogP contribution >= 0.6 is 11.3 Å². The van der Waals surface area contributed by atoms with Gasteiger partial charge in [0.05, 0.1) is 35.2 Å². The first kappa shape index (κ1) is 23.5. The van der Waals surface area contributed by atoms with Crippen molar-refractivity contribution in [1.29, 1.82) is 5.41 Å². The lowest BCUT2D eigenvalue weighted by molar-refractivity contribution is 0.122. The van der Waals surface area contributed by atoms with Crippen molar-refractivity contribution >= 4 is 50.9 Å². The first-order valence-electron chi connectivity index (χ1n) is 12.0. The van der Waals surface area contributed by atoms with Gasteiger partial charge in [0.25, 0.3) is 0 Å². The molecular weight excluding hydrogens is 462 g/mol. The van der Waals surface area contributed by atoms with Gasteiger partial charge in [0.15, 0.2) is 0 Å². The van der Waals surface area contributed by atoms with Gasteiger partial charge in [-0.15, -0.1) is 11.3 Å². The molecule has 9 nitrogen and oxygen atoms in total. The number of nitrogens with zero attached hydrogens (tertiary/aromatic N) is 3. The minimum atomic E-state index is -0.195. The van der Waals surface area contributed by atoms with Crippen LogP contribution in [0.25, 0.3) is 10.2 Å². The number of morpholine rings is 1. The number of fused-ring (bicyclic) bond motifs is 1. The van der Waals surface area contributed by atoms with E-state index in [0.717, 1.165) is 79.4 Å². The second-order valence-electron chi connectivity index (χ2n) is 8.84. The Morgan fingerprint density at radius 3 is 2.77 bits per heavy atom. The zero-order valence-electron chi connectivity index (χ0n) is 19.5. The van der Waals surface area contributed by atoms with Crippen LogP contribution in [0.2, 0.25) is 0 Å². The fourth-order valence-electron chi connectivity index (χ4n) is 4.45. The van der Waals surface area contributed by atoms with Crippen LogP contribution in [0.3, 0.4) is 0 Å². The van der Waals surface area contributed by atoms with Crippen LogP contribution in [0.15, 0.2) is 47.6 Å². The molecule has 0 radical (unpaired) electrons. The summed E-state index contributed by atoms with van der Waals surface area (Å²) in [6.07, 6.45) is 6.25. The molecule has 5 N–H and O–H groups in total. The lowest BCUT2D eigenvalue weighted by atomic mass is 9.93. The lowest BCUT2D eigenvalue weighted by Crippen LogP contribution is -2.36. The second kappa shape index (κ2) is 11.0. The van der Waals surface area contributed by atoms with Gasteiger partial charge in [0.2, 0.25) is 5.95 Å². The summed E-state index contributed by atoms with van der Waals surface area (Å²) in [5, 5.41) is 29.7. The number of hydrogen-bond acceptors (Lipinski definition) is 10. The molecule has 1 saturated heterocycles. The molecule has 35 heavy (non-hydrogen) atoms. The number of aliphatic hydroxyl groups is 1. The number of aliphatic hydroxyl groups excluding tert-OH is 1. The Morgan fingerprint density at radius 2 is 1.97 bits per heavy atom. The largest absolute Gasteiger partial charge is 0.393 e. The highest BCUT2D eigenvalue weighted by molar-refractivity contribution is 7.17. The van der Waals surface area contributed by atoms with E-state index < -0.39 is 0 Å². The molecule has 0 spiro atoms. The molecule has 10 heteroatoms. The maximum absolute atomic E-state index is 9.81. The molecule has 5 rings (SSSR count). The van der Waals surface area contributed by atoms with Gasteiger partial charge in [-0.1, -0.05) is 6.07 Å². The average Bonchev–Trinajstić information content (AvgIpc) is 3.38. The summed E-state index contributed by atoms with van der Waals surface area (Å²) in [7, 11) is 0. The van der Waals surface area contributed by atoms with Gasteiger partial charge in [-0.25, -0.2) is 4.98 Å². The molecule has 1 aromatic carbocycles. The minimum Gasteiger partial charge on any atom is -0.393 e. The van der Waals surface area contributed by atoms with Crippen LogP contribution in [-0.2, 0) is 4.74 Å². The molecular formula is C25H31N7O2S. The lowest BCUT2D eigenvalue weighted by Gasteiger charge is -2.29. The molecule has 0 bridgehead atoms. The van der Waals surface area contributed by atoms with Crippen LogP contribution in [0, 0.1) is 5.41 Å². The molecule has 184 valence electrons. The molecule has 0 atom stereocenters. The molecule has 2 aliphatic rings. The Morgan fingerprint density at radius 1 is 1.14 bits per heavy atom. The zero-order chi connectivity index (χ0) is 24.0. The average molecular weight is 494 g/mol. The third-order valence-electron chi connectivity index (χ3n) is 6.37. The third-order valence-corrected chi connectivity index (χ3v) is 7.28. The van der Waals surface area contributed by atoms with E-state index in [2.05, 4.69) is 38.0 Å². The highest BCUT2D eigenvalue weighted by atomic mass is 32.1. The third kappa shape index (κ3) is 5.90. The van der Waals surface area contributed by atoms with E-state index in [1.165, 1.54) is 6.21 Å². The zero-order valence-corrected chi connectivity index (χ0v) is 20.4. The number of benzene rings is 1. The molecule has 3 heterocycles. The first-order chi connectivity index (χ1) is 17.2. The van der Waals surface area contributed by atoms with Crippen molar-refractivity contribution in [2.45, 2.75) is 37.8 Å². The van der Waals surface area contributed by atoms with Crippen LogP contribution < -0.4 is 20.9 Å². The van der Waals surface area contributed by atoms with Crippen molar-refractivity contribution in [3.05, 3.63) is 47.6 Å². The quantitative estimate of drug-likeness (QED) is 0.296. The highest BCUT2D eigenvalue weighted by Crippen LogP contribution is 2.30. The number of thiophene rings is 1. The second-order valence-corrected chi connectivity index (χ2v) is 9.76. The Kier molecular flexibility index (Phi) is 7.41. The van der Waals surface area contributed by atoms with Gasteiger partial charge in [-0.3, -0.25) is 0 Å². The number of aromatic nitrogens is 2. The topological polar surface area (TPSA) is 118 Å². The number of rotatable bonds is 8. The summed E-state index contributed by atoms with van der Waals surface area (Å²) in [5.74, 6) is 1.23. The molecule has 1 aliphatic carbocycles. The van der Waals surface area contributed by atoms with Gasteiger partial charge >= 0.3 is 0 Å². The number of allylic oxidation sites excluding steroid dienone is 1. The van der Waals surface area contributed by atoms with Crippen LogP contribution in [-0.4, -0.2) is 59.7 Å². The van der Waals surface area contributed by atoms with E-state index in [9.17, 15) is 5.11 Å². The number of anilines is 4. The van der Waals surface area contributed by atoms with E-state index in [1.54, 1.807) is 17.5 Å². The summed E-state index contributed by atoms with van der Waals surface area (Å²) in [4.78, 5) is 11.7. The molecule has 1 saturated carbocycles. The first-order valence-corrected chi connectivity index (χ1v) is 12.9. The van der Waals surface area contributed by atoms with Crippen molar-refractivity contribution < 1.29 is 9.84 Å². The van der Waals surface area contributed by atoms with Crippen molar-refractivity contribution in [2.75, 3.05) is 47.2 Å². The summed E-state index contributed by atoms with van der Waals surface area (Å²) in [5.41, 5.74) is 3.49. The van der Waals surface area contributed by atoms with E-state index in [-0.39, 0.29) is 12.1 Å². The molecule has 3 aromatic rings. The SMILES string of the molecule is N=C/C(=C\Nc1cccc(N2CCOCC2)c1)Nc1nc(NC2CCC(O)CC2)c2sccc2n1. The Balaban J connectivity index is 1.30. The van der Waals surface area contributed by atoms with E-state index in [4.69, 9.17) is 15.1 Å². The maximum atomic E-state index is 9.81. The van der Waals surface area contributed by atoms with Gasteiger partial charge in [0.1, 0.15) is 5.82 Å². The highest BCUT2D eigenvalue weighted by Gasteiger charge is 2.21. The molecule has 0 amide bonds. The van der Waals surface area contributed by atoms with E-state index >= 15 is 0 Å². The maximum Gasteiger partial charge on any atom is 0.229 e. The van der Waals surface area contributed by atoms with E-state index in [0.29, 0.717) is 11.6 Å². The van der Waals surface area contributed by atoms with Crippen molar-refractivity contribution in [2.24, 2.45) is 0 Å². The van der Waals surface area contributed by atoms with Gasteiger partial charge in [-0.2, -0.15) is 4.98 Å². The van der Waals surface area contributed by atoms with Gasteiger partial charge in [-0.05, 0) is 55.3 Å². The summed E-state index contributed by atoms with van der Waals surface area (Å²) in [6, 6.07) is 10.5. The predicted molar refractivity (Wildman–Crippen MR) is 143 cm³/mol. The Labute approximate surface area is 208 Å². The number of nitrogens with one attached hydrogen (secondary N) is 4. The van der Waals surface area contributed by atoms with Crippen molar-refractivity contribution in [3.63, 3.8) is 0 Å². The molecule has 1 aliphatic heterocycles. The number of hydrogen-bond donors (Lipinski definition) is 5. The van der Waals surface area contributed by atoms with Crippen molar-refractivity contribution in [3.8, 4) is 0 Å². The van der Waals surface area contributed by atoms with Crippen LogP contribution in [0.1, 0.15) is 25.7 Å². The van der Waals surface area contributed by atoms with Crippen LogP contribution in [0.4, 0.5) is 23.1 Å². The Bertz CT molecular complexity index is 1180. The van der Waals surface area contributed by atoms with Crippen LogP contribution in [0.5, 0.6) is 0 Å². The van der Waals surface area contributed by atoms with Gasteiger partial charge in [0, 0.05) is 42.9 Å². The standard InChI is InChI=1S/C25H31N7O2S/c26-15-19(16-27-18-2-1-3-20(14-18)32-9-11-34-12-10-32)29-25-30-22-8-13-35-23(22)24(31-25)28-17-4-6-21(33)7-5-17/h1-3,8,13-17,21,26-27,33H,4-7,9-12H2,(H2,28,29,30,31)/b19-16+,26-15?. The van der Waals surface area contributed by atoms with Crippen molar-refractivity contribution in [1.82, 2.24) is 9.97 Å². The summed E-state index contributed by atoms with van der Waals surface area (Å²) in [6.45, 7) is 3.25. The van der Waals surface area contributed by atoms with E-state index in [1.807, 2.05) is 23.6 Å². The fourth-order valence-corrected chi connectivity index (χ4v) is 5.23. The molecule has 2 fully saturated rings. The fraction of sp³-hybridized carbons (Fsp3) is 0.400.